The van der Waals surface area contributed by atoms with Crippen molar-refractivity contribution in [1.82, 2.24) is 25.2 Å². The lowest BCUT2D eigenvalue weighted by molar-refractivity contribution is 0.111. The third kappa shape index (κ3) is 1.41. The number of hydrogen-bond donors (Lipinski definition) is 0. The molecular weight excluding hydrogens is 170 g/mol. The van der Waals surface area contributed by atoms with Gasteiger partial charge in [-0.3, -0.25) is 9.78 Å². The van der Waals surface area contributed by atoms with Crippen LogP contribution in [-0.4, -0.2) is 31.5 Å². The van der Waals surface area contributed by atoms with Gasteiger partial charge in [0.05, 0.1) is 11.9 Å². The molecule has 0 spiro atoms. The molecule has 0 N–H and O–H groups in total. The van der Waals surface area contributed by atoms with Gasteiger partial charge in [-0.15, -0.1) is 5.10 Å². The Labute approximate surface area is 73.2 Å². The van der Waals surface area contributed by atoms with Gasteiger partial charge in [0.25, 0.3) is 0 Å². The molecule has 2 heterocycles. The fourth-order valence-electron chi connectivity index (χ4n) is 0.882. The molecule has 0 amide bonds. The average molecular weight is 175 g/mol. The van der Waals surface area contributed by atoms with Gasteiger partial charge >= 0.3 is 0 Å². The summed E-state index contributed by atoms with van der Waals surface area (Å²) >= 11 is 0. The first-order valence-corrected chi connectivity index (χ1v) is 3.55. The zero-order valence-electron chi connectivity index (χ0n) is 6.53. The van der Waals surface area contributed by atoms with E-state index in [2.05, 4.69) is 20.5 Å². The van der Waals surface area contributed by atoms with Crippen molar-refractivity contribution in [1.29, 1.82) is 0 Å². The summed E-state index contributed by atoms with van der Waals surface area (Å²) in [5.41, 5.74) is 1.10. The number of rotatable bonds is 2. The van der Waals surface area contributed by atoms with E-state index in [-0.39, 0.29) is 0 Å². The molecule has 0 aromatic carbocycles. The van der Waals surface area contributed by atoms with E-state index in [0.717, 1.165) is 5.69 Å². The molecule has 0 bridgehead atoms. The van der Waals surface area contributed by atoms with E-state index in [4.69, 9.17) is 0 Å². The number of aromatic nitrogens is 5. The molecule has 0 fully saturated rings. The number of pyridine rings is 1. The molecule has 0 aliphatic carbocycles. The highest BCUT2D eigenvalue weighted by Gasteiger charge is 1.97. The summed E-state index contributed by atoms with van der Waals surface area (Å²) < 4.78 is 1.46. The van der Waals surface area contributed by atoms with Gasteiger partial charge in [0.15, 0.2) is 6.29 Å². The zero-order chi connectivity index (χ0) is 9.10. The van der Waals surface area contributed by atoms with Gasteiger partial charge in [-0.2, -0.15) is 4.68 Å². The molecule has 64 valence electrons. The zero-order valence-corrected chi connectivity index (χ0v) is 6.53. The maximum atomic E-state index is 10.3. The van der Waals surface area contributed by atoms with E-state index in [0.29, 0.717) is 12.0 Å². The van der Waals surface area contributed by atoms with E-state index in [1.54, 1.807) is 12.1 Å². The van der Waals surface area contributed by atoms with E-state index in [1.165, 1.54) is 17.2 Å². The lowest BCUT2D eigenvalue weighted by Gasteiger charge is -1.96. The second-order valence-corrected chi connectivity index (χ2v) is 2.31. The quantitative estimate of drug-likeness (QED) is 0.594. The minimum Gasteiger partial charge on any atom is -0.296 e. The van der Waals surface area contributed by atoms with Gasteiger partial charge in [-0.05, 0) is 22.6 Å². The van der Waals surface area contributed by atoms with Crippen LogP contribution >= 0.6 is 0 Å². The maximum Gasteiger partial charge on any atom is 0.168 e. The lowest BCUT2D eigenvalue weighted by Crippen LogP contribution is -1.96. The van der Waals surface area contributed by atoms with Crippen molar-refractivity contribution in [2.45, 2.75) is 0 Å². The van der Waals surface area contributed by atoms with Crippen molar-refractivity contribution in [2.75, 3.05) is 0 Å². The Balaban J connectivity index is 2.38. The smallest absolute Gasteiger partial charge is 0.168 e. The minimum absolute atomic E-state index is 0.386. The normalized spacial score (nSPS) is 9.85. The monoisotopic (exact) mass is 175 g/mol. The third-order valence-corrected chi connectivity index (χ3v) is 1.51. The predicted molar refractivity (Wildman–Crippen MR) is 42.3 cm³/mol. The molecular formula is C7H5N5O. The van der Waals surface area contributed by atoms with Gasteiger partial charge in [-0.25, -0.2) is 0 Å². The van der Waals surface area contributed by atoms with E-state index < -0.39 is 0 Å². The Kier molecular flexibility index (Phi) is 1.79. The molecule has 6 nitrogen and oxygen atoms in total. The number of aldehydes is 1. The second kappa shape index (κ2) is 3.10. The predicted octanol–water partition coefficient (Wildman–Crippen LogP) is -0.130. The molecule has 0 aliphatic rings. The molecule has 2 rings (SSSR count). The van der Waals surface area contributed by atoms with Crippen molar-refractivity contribution in [3.8, 4) is 5.69 Å². The number of nitrogens with zero attached hydrogens (tertiary/aromatic N) is 5. The van der Waals surface area contributed by atoms with Crippen molar-refractivity contribution < 1.29 is 4.79 Å². The fourth-order valence-corrected chi connectivity index (χ4v) is 0.882. The minimum atomic E-state index is 0.386. The first-order chi connectivity index (χ1) is 6.40. The largest absolute Gasteiger partial charge is 0.296 e. The molecule has 0 saturated carbocycles. The number of tetrazole rings is 1. The van der Waals surface area contributed by atoms with E-state index in [1.807, 2.05) is 0 Å². The van der Waals surface area contributed by atoms with Crippen LogP contribution in [0.3, 0.4) is 0 Å². The van der Waals surface area contributed by atoms with Gasteiger partial charge in [0, 0.05) is 0 Å². The number of carbonyl (C=O) groups is 1. The van der Waals surface area contributed by atoms with Crippen LogP contribution in [0.1, 0.15) is 10.5 Å². The molecule has 0 atom stereocenters. The van der Waals surface area contributed by atoms with Crippen molar-refractivity contribution in [2.24, 2.45) is 0 Å². The third-order valence-electron chi connectivity index (χ3n) is 1.51. The summed E-state index contributed by atoms with van der Waals surface area (Å²) in [4.78, 5) is 14.2. The molecule has 6 heteroatoms. The highest BCUT2D eigenvalue weighted by molar-refractivity contribution is 5.71. The first kappa shape index (κ1) is 7.53. The average Bonchev–Trinajstić information content (AvgIpc) is 2.71. The van der Waals surface area contributed by atoms with Crippen molar-refractivity contribution >= 4 is 6.29 Å². The second-order valence-electron chi connectivity index (χ2n) is 2.31. The molecule has 2 aromatic heterocycles. The standard InChI is InChI=1S/C7H5N5O/c13-4-6-1-2-7(3-8-6)12-5-9-10-11-12/h1-5H. The van der Waals surface area contributed by atoms with Crippen LogP contribution < -0.4 is 0 Å². The van der Waals surface area contributed by atoms with Gasteiger partial charge in [0.2, 0.25) is 0 Å². The molecule has 13 heavy (non-hydrogen) atoms. The van der Waals surface area contributed by atoms with Crippen LogP contribution in [0, 0.1) is 0 Å². The van der Waals surface area contributed by atoms with E-state index >= 15 is 0 Å². The van der Waals surface area contributed by atoms with Gasteiger partial charge in [-0.1, -0.05) is 0 Å². The van der Waals surface area contributed by atoms with Crippen LogP contribution in [0.15, 0.2) is 24.7 Å². The Hall–Kier alpha value is -2.11. The molecule has 0 radical (unpaired) electrons. The van der Waals surface area contributed by atoms with Crippen LogP contribution in [0.5, 0.6) is 0 Å². The highest BCUT2D eigenvalue weighted by Crippen LogP contribution is 2.02. The van der Waals surface area contributed by atoms with Crippen LogP contribution in [0.4, 0.5) is 0 Å². The molecule has 2 aromatic rings. The Morgan fingerprint density at radius 2 is 2.31 bits per heavy atom. The Morgan fingerprint density at radius 3 is 2.85 bits per heavy atom. The summed E-state index contributed by atoms with van der Waals surface area (Å²) in [6, 6.07) is 3.32. The first-order valence-electron chi connectivity index (χ1n) is 3.55. The summed E-state index contributed by atoms with van der Waals surface area (Å²) in [6.45, 7) is 0. The highest BCUT2D eigenvalue weighted by atomic mass is 16.1. The summed E-state index contributed by atoms with van der Waals surface area (Å²) in [5.74, 6) is 0. The van der Waals surface area contributed by atoms with Gasteiger partial charge in [0.1, 0.15) is 12.0 Å². The lowest BCUT2D eigenvalue weighted by atomic mass is 10.3. The SMILES string of the molecule is O=Cc1ccc(-n2cnnn2)cn1. The fraction of sp³-hybridized carbons (Fsp3) is 0. The summed E-state index contributed by atoms with van der Waals surface area (Å²) in [7, 11) is 0. The topological polar surface area (TPSA) is 73.6 Å². The number of carbonyl (C=O) groups excluding carboxylic acids is 1. The molecule has 0 unspecified atom stereocenters. The van der Waals surface area contributed by atoms with Crippen LogP contribution in [0.25, 0.3) is 5.69 Å². The van der Waals surface area contributed by atoms with Crippen molar-refractivity contribution in [3.63, 3.8) is 0 Å². The summed E-state index contributed by atoms with van der Waals surface area (Å²) in [5, 5.41) is 10.6. The van der Waals surface area contributed by atoms with Gasteiger partial charge < -0.3 is 0 Å². The maximum absolute atomic E-state index is 10.3. The van der Waals surface area contributed by atoms with Crippen LogP contribution in [0.2, 0.25) is 0 Å². The Morgan fingerprint density at radius 1 is 1.38 bits per heavy atom. The van der Waals surface area contributed by atoms with E-state index in [9.17, 15) is 4.79 Å². The van der Waals surface area contributed by atoms with Crippen LogP contribution in [-0.2, 0) is 0 Å². The number of hydrogen-bond acceptors (Lipinski definition) is 5. The molecule has 0 saturated heterocycles. The molecule has 0 aliphatic heterocycles. The Bertz CT molecular complexity index is 393. The van der Waals surface area contributed by atoms with Crippen molar-refractivity contribution in [3.05, 3.63) is 30.4 Å². The summed E-state index contributed by atoms with van der Waals surface area (Å²) in [6.07, 6.45) is 3.67.